The second-order valence-electron chi connectivity index (χ2n) is 4.66. The van der Waals surface area contributed by atoms with Gasteiger partial charge in [-0.2, -0.15) is 4.98 Å². The third-order valence-corrected chi connectivity index (χ3v) is 3.33. The zero-order valence-corrected chi connectivity index (χ0v) is 11.0. The van der Waals surface area contributed by atoms with E-state index in [9.17, 15) is 0 Å². The molecule has 0 aliphatic heterocycles. The van der Waals surface area contributed by atoms with Gasteiger partial charge in [-0.3, -0.25) is 0 Å². The molecule has 0 radical (unpaired) electrons. The molecule has 1 saturated carbocycles. The van der Waals surface area contributed by atoms with Crippen molar-refractivity contribution in [3.63, 3.8) is 0 Å². The molecule has 1 heterocycles. The van der Waals surface area contributed by atoms with Crippen molar-refractivity contribution in [2.24, 2.45) is 0 Å². The maximum Gasteiger partial charge on any atom is 0.218 e. The van der Waals surface area contributed by atoms with Crippen molar-refractivity contribution in [1.29, 1.82) is 0 Å². The Labute approximate surface area is 108 Å². The van der Waals surface area contributed by atoms with Crippen LogP contribution < -0.4 is 10.1 Å². The summed E-state index contributed by atoms with van der Waals surface area (Å²) in [7, 11) is 1.64. The van der Waals surface area contributed by atoms with Gasteiger partial charge in [0.15, 0.2) is 0 Å². The summed E-state index contributed by atoms with van der Waals surface area (Å²) in [6, 6.07) is 1.83. The minimum atomic E-state index is 0.484. The van der Waals surface area contributed by atoms with E-state index in [1.807, 2.05) is 12.1 Å². The molecule has 4 heteroatoms. The molecule has 0 spiro atoms. The Balaban J connectivity index is 2.19. The van der Waals surface area contributed by atoms with Crippen molar-refractivity contribution in [3.8, 4) is 5.88 Å². The summed E-state index contributed by atoms with van der Waals surface area (Å²) in [6.07, 6.45) is 8.08. The van der Waals surface area contributed by atoms with Crippen molar-refractivity contribution in [1.82, 2.24) is 9.97 Å². The fourth-order valence-electron chi connectivity index (χ4n) is 2.36. The van der Waals surface area contributed by atoms with E-state index in [-0.39, 0.29) is 0 Å². The Morgan fingerprint density at radius 1 is 1.39 bits per heavy atom. The van der Waals surface area contributed by atoms with E-state index >= 15 is 0 Å². The van der Waals surface area contributed by atoms with Crippen LogP contribution in [0.15, 0.2) is 18.7 Å². The van der Waals surface area contributed by atoms with Crippen LogP contribution in [-0.2, 0) is 0 Å². The quantitative estimate of drug-likeness (QED) is 0.812. The molecule has 1 N–H and O–H groups in total. The summed E-state index contributed by atoms with van der Waals surface area (Å²) < 4.78 is 5.25. The molecule has 2 rings (SSSR count). The van der Waals surface area contributed by atoms with Crippen LogP contribution in [0.3, 0.4) is 0 Å². The Bertz CT molecular complexity index is 400. The highest BCUT2D eigenvalue weighted by molar-refractivity contribution is 5.39. The number of methoxy groups -OCH3 is 1. The van der Waals surface area contributed by atoms with Gasteiger partial charge in [0.25, 0.3) is 0 Å². The average molecular weight is 247 g/mol. The van der Waals surface area contributed by atoms with E-state index in [1.54, 1.807) is 7.11 Å². The number of hydrogen-bond acceptors (Lipinski definition) is 4. The highest BCUT2D eigenvalue weighted by Crippen LogP contribution is 2.32. The lowest BCUT2D eigenvalue weighted by molar-refractivity contribution is 0.383. The molecule has 1 aromatic rings. The molecule has 0 bridgehead atoms. The van der Waals surface area contributed by atoms with Gasteiger partial charge in [-0.25, -0.2) is 4.98 Å². The lowest BCUT2D eigenvalue weighted by Crippen LogP contribution is -2.11. The summed E-state index contributed by atoms with van der Waals surface area (Å²) in [5.41, 5.74) is 0. The van der Waals surface area contributed by atoms with Crippen LogP contribution in [0.25, 0.3) is 0 Å². The van der Waals surface area contributed by atoms with E-state index in [0.717, 1.165) is 11.6 Å². The molecule has 0 aromatic carbocycles. The van der Waals surface area contributed by atoms with Gasteiger partial charge in [-0.05, 0) is 12.8 Å². The van der Waals surface area contributed by atoms with Crippen molar-refractivity contribution < 1.29 is 4.74 Å². The average Bonchev–Trinajstić information content (AvgIpc) is 2.45. The maximum atomic E-state index is 5.25. The Morgan fingerprint density at radius 3 is 2.83 bits per heavy atom. The topological polar surface area (TPSA) is 47.0 Å². The lowest BCUT2D eigenvalue weighted by Gasteiger charge is -2.21. The summed E-state index contributed by atoms with van der Waals surface area (Å²) in [6.45, 7) is 4.39. The molecule has 1 aliphatic carbocycles. The molecular weight excluding hydrogens is 226 g/mol. The van der Waals surface area contributed by atoms with Crippen LogP contribution in [0.4, 0.5) is 5.82 Å². The summed E-state index contributed by atoms with van der Waals surface area (Å²) in [5.74, 6) is 2.86. The van der Waals surface area contributed by atoms with Gasteiger partial charge in [0.1, 0.15) is 11.6 Å². The van der Waals surface area contributed by atoms with E-state index in [1.165, 1.54) is 32.1 Å². The number of anilines is 1. The van der Waals surface area contributed by atoms with Crippen molar-refractivity contribution in [2.75, 3.05) is 19.0 Å². The SMILES string of the molecule is C=CCNc1cc(OC)nc(C2CCCCC2)n1. The molecule has 0 atom stereocenters. The van der Waals surface area contributed by atoms with Crippen LogP contribution in [-0.4, -0.2) is 23.6 Å². The molecule has 4 nitrogen and oxygen atoms in total. The van der Waals surface area contributed by atoms with Gasteiger partial charge < -0.3 is 10.1 Å². The van der Waals surface area contributed by atoms with Crippen LogP contribution in [0.2, 0.25) is 0 Å². The zero-order valence-electron chi connectivity index (χ0n) is 11.0. The van der Waals surface area contributed by atoms with Gasteiger partial charge in [-0.15, -0.1) is 6.58 Å². The van der Waals surface area contributed by atoms with Crippen LogP contribution in [0.1, 0.15) is 43.8 Å². The first-order valence-electron chi connectivity index (χ1n) is 6.61. The number of ether oxygens (including phenoxy) is 1. The monoisotopic (exact) mass is 247 g/mol. The summed E-state index contributed by atoms with van der Waals surface area (Å²) in [5, 5.41) is 3.20. The third-order valence-electron chi connectivity index (χ3n) is 3.33. The van der Waals surface area contributed by atoms with Gasteiger partial charge in [0.2, 0.25) is 5.88 Å². The van der Waals surface area contributed by atoms with Crippen LogP contribution in [0, 0.1) is 0 Å². The number of aromatic nitrogens is 2. The van der Waals surface area contributed by atoms with Crippen molar-refractivity contribution in [2.45, 2.75) is 38.0 Å². The molecule has 1 fully saturated rings. The first-order valence-corrected chi connectivity index (χ1v) is 6.61. The van der Waals surface area contributed by atoms with E-state index in [0.29, 0.717) is 18.3 Å². The molecule has 1 aliphatic rings. The Kier molecular flexibility index (Phi) is 4.56. The number of rotatable bonds is 5. The second-order valence-corrected chi connectivity index (χ2v) is 4.66. The summed E-state index contributed by atoms with van der Waals surface area (Å²) in [4.78, 5) is 9.08. The summed E-state index contributed by atoms with van der Waals surface area (Å²) >= 11 is 0. The van der Waals surface area contributed by atoms with Crippen molar-refractivity contribution in [3.05, 3.63) is 24.5 Å². The molecule has 0 saturated heterocycles. The number of hydrogen-bond donors (Lipinski definition) is 1. The van der Waals surface area contributed by atoms with Crippen molar-refractivity contribution >= 4 is 5.82 Å². The lowest BCUT2D eigenvalue weighted by atomic mass is 9.89. The smallest absolute Gasteiger partial charge is 0.218 e. The molecule has 0 unspecified atom stereocenters. The molecule has 98 valence electrons. The van der Waals surface area contributed by atoms with Gasteiger partial charge in [0.05, 0.1) is 7.11 Å². The van der Waals surface area contributed by atoms with E-state index in [4.69, 9.17) is 4.74 Å². The highest BCUT2D eigenvalue weighted by Gasteiger charge is 2.19. The first kappa shape index (κ1) is 12.9. The molecule has 18 heavy (non-hydrogen) atoms. The maximum absolute atomic E-state index is 5.25. The highest BCUT2D eigenvalue weighted by atomic mass is 16.5. The predicted octanol–water partition coefficient (Wildman–Crippen LogP) is 3.13. The van der Waals surface area contributed by atoms with E-state index < -0.39 is 0 Å². The molecular formula is C14H21N3O. The Morgan fingerprint density at radius 2 is 2.17 bits per heavy atom. The van der Waals surface area contributed by atoms with Gasteiger partial charge >= 0.3 is 0 Å². The van der Waals surface area contributed by atoms with Gasteiger partial charge in [0, 0.05) is 18.5 Å². The second kappa shape index (κ2) is 6.38. The Hall–Kier alpha value is -1.58. The van der Waals surface area contributed by atoms with Crippen LogP contribution in [0.5, 0.6) is 5.88 Å². The fraction of sp³-hybridized carbons (Fsp3) is 0.571. The zero-order chi connectivity index (χ0) is 12.8. The van der Waals surface area contributed by atoms with Crippen LogP contribution >= 0.6 is 0 Å². The fourth-order valence-corrected chi connectivity index (χ4v) is 2.36. The normalized spacial score (nSPS) is 16.3. The standard InChI is InChI=1S/C14H21N3O/c1-3-9-15-12-10-13(18-2)17-14(16-12)11-7-5-4-6-8-11/h3,10-11H,1,4-9H2,2H3,(H,15,16,17). The predicted molar refractivity (Wildman–Crippen MR) is 73.1 cm³/mol. The first-order chi connectivity index (χ1) is 8.83. The third kappa shape index (κ3) is 3.22. The largest absolute Gasteiger partial charge is 0.481 e. The molecule has 1 aromatic heterocycles. The number of nitrogens with one attached hydrogen (secondary N) is 1. The van der Waals surface area contributed by atoms with E-state index in [2.05, 4.69) is 21.9 Å². The van der Waals surface area contributed by atoms with Gasteiger partial charge in [-0.1, -0.05) is 25.3 Å². The number of nitrogens with zero attached hydrogens (tertiary/aromatic N) is 2. The minimum absolute atomic E-state index is 0.484. The molecule has 0 amide bonds. The minimum Gasteiger partial charge on any atom is -0.481 e.